The number of halogens is 3. The van der Waals surface area contributed by atoms with Gasteiger partial charge in [-0.1, -0.05) is 18.1 Å². The molecule has 1 aromatic heterocycles. The van der Waals surface area contributed by atoms with Gasteiger partial charge in [0.2, 0.25) is 11.3 Å². The van der Waals surface area contributed by atoms with Gasteiger partial charge in [-0.2, -0.15) is 18.3 Å². The highest BCUT2D eigenvalue weighted by molar-refractivity contribution is 5.98. The zero-order valence-electron chi connectivity index (χ0n) is 17.2. The summed E-state index contributed by atoms with van der Waals surface area (Å²) in [6.07, 6.45) is 0.734. The quantitative estimate of drug-likeness (QED) is 0.580. The number of carbonyl (C=O) groups is 2. The second-order valence-electron chi connectivity index (χ2n) is 6.91. The Morgan fingerprint density at radius 2 is 1.85 bits per heavy atom. The van der Waals surface area contributed by atoms with Gasteiger partial charge in [-0.3, -0.25) is 14.4 Å². The van der Waals surface area contributed by atoms with Crippen molar-refractivity contribution < 1.29 is 22.8 Å². The molecule has 33 heavy (non-hydrogen) atoms. The van der Waals surface area contributed by atoms with Crippen molar-refractivity contribution in [2.24, 2.45) is 0 Å². The molecule has 1 heterocycles. The van der Waals surface area contributed by atoms with Crippen molar-refractivity contribution in [3.05, 3.63) is 87.3 Å². The summed E-state index contributed by atoms with van der Waals surface area (Å²) in [5, 5.41) is 8.74. The summed E-state index contributed by atoms with van der Waals surface area (Å²) in [5.41, 5.74) is -1.00. The molecule has 0 spiro atoms. The fourth-order valence-corrected chi connectivity index (χ4v) is 2.92. The predicted octanol–water partition coefficient (Wildman–Crippen LogP) is 2.91. The monoisotopic (exact) mass is 454 g/mol. The lowest BCUT2D eigenvalue weighted by molar-refractivity contribution is -0.137. The minimum atomic E-state index is -4.57. The van der Waals surface area contributed by atoms with Gasteiger partial charge < -0.3 is 10.6 Å². The van der Waals surface area contributed by atoms with E-state index in [0.717, 1.165) is 22.9 Å². The van der Waals surface area contributed by atoms with Gasteiger partial charge in [0.25, 0.3) is 5.91 Å². The second-order valence-corrected chi connectivity index (χ2v) is 6.91. The lowest BCUT2D eigenvalue weighted by Gasteiger charge is -2.13. The first-order chi connectivity index (χ1) is 15.6. The van der Waals surface area contributed by atoms with Crippen LogP contribution in [0.25, 0.3) is 5.69 Å². The number of nitrogens with one attached hydrogen (secondary N) is 2. The van der Waals surface area contributed by atoms with E-state index in [1.165, 1.54) is 19.1 Å². The van der Waals surface area contributed by atoms with Crippen LogP contribution in [-0.4, -0.2) is 28.1 Å². The Balaban J connectivity index is 1.78. The summed E-state index contributed by atoms with van der Waals surface area (Å²) in [6, 6.07) is 11.9. The number of nitrogens with zero attached hydrogens (tertiary/aromatic N) is 2. The van der Waals surface area contributed by atoms with E-state index in [-0.39, 0.29) is 11.4 Å². The predicted molar refractivity (Wildman–Crippen MR) is 115 cm³/mol. The highest BCUT2D eigenvalue weighted by Crippen LogP contribution is 2.30. The first-order valence-electron chi connectivity index (χ1n) is 9.52. The lowest BCUT2D eigenvalue weighted by atomic mass is 10.2. The maximum Gasteiger partial charge on any atom is 0.416 e. The van der Waals surface area contributed by atoms with Gasteiger partial charge in [-0.25, -0.2) is 4.68 Å². The summed E-state index contributed by atoms with van der Waals surface area (Å²) in [4.78, 5) is 36.9. The van der Waals surface area contributed by atoms with Gasteiger partial charge in [0.1, 0.15) is 0 Å². The SMILES string of the molecule is C#Cc1cccc(NC(=O)CNC(=O)c2nn(-c3cccc(C(F)(F)F)c3)c(C)cc2=O)c1. The number of anilines is 1. The van der Waals surface area contributed by atoms with Crippen LogP contribution in [0.1, 0.15) is 27.3 Å². The molecule has 3 aromatic rings. The molecule has 0 saturated carbocycles. The van der Waals surface area contributed by atoms with E-state index in [0.29, 0.717) is 11.3 Å². The molecule has 0 aliphatic heterocycles. The third kappa shape index (κ3) is 5.65. The number of carbonyl (C=O) groups excluding carboxylic acids is 2. The van der Waals surface area contributed by atoms with Crippen molar-refractivity contribution in [1.29, 1.82) is 0 Å². The van der Waals surface area contributed by atoms with Gasteiger partial charge in [0.15, 0.2) is 5.69 Å². The molecule has 0 saturated heterocycles. The maximum atomic E-state index is 13.0. The molecule has 0 fully saturated rings. The van der Waals surface area contributed by atoms with Crippen molar-refractivity contribution >= 4 is 17.5 Å². The molecule has 0 radical (unpaired) electrons. The molecule has 2 amide bonds. The average molecular weight is 454 g/mol. The van der Waals surface area contributed by atoms with E-state index in [1.807, 2.05) is 0 Å². The number of aromatic nitrogens is 2. The average Bonchev–Trinajstić information content (AvgIpc) is 2.77. The number of aryl methyl sites for hydroxylation is 1. The number of benzene rings is 2. The van der Waals surface area contributed by atoms with Crippen molar-refractivity contribution in [2.45, 2.75) is 13.1 Å². The first kappa shape index (κ1) is 23.3. The molecule has 0 aliphatic carbocycles. The standard InChI is InChI=1S/C23H17F3N4O3/c1-3-15-6-4-8-17(11-15)28-20(32)13-27-22(33)21-19(31)10-14(2)30(29-21)18-9-5-7-16(12-18)23(24,25)26/h1,4-12H,13H2,2H3,(H,27,33)(H,28,32). The van der Waals surface area contributed by atoms with Gasteiger partial charge in [0.05, 0.1) is 17.8 Å². The summed E-state index contributed by atoms with van der Waals surface area (Å²) in [6.45, 7) is 0.992. The van der Waals surface area contributed by atoms with E-state index >= 15 is 0 Å². The molecule has 10 heteroatoms. The third-order valence-electron chi connectivity index (χ3n) is 4.46. The summed E-state index contributed by atoms with van der Waals surface area (Å²) < 4.78 is 40.2. The van der Waals surface area contributed by atoms with Crippen LogP contribution in [0.15, 0.2) is 59.4 Å². The zero-order chi connectivity index (χ0) is 24.2. The van der Waals surface area contributed by atoms with Crippen molar-refractivity contribution in [3.8, 4) is 18.0 Å². The van der Waals surface area contributed by atoms with Gasteiger partial charge in [-0.05, 0) is 43.3 Å². The van der Waals surface area contributed by atoms with E-state index in [9.17, 15) is 27.6 Å². The molecular weight excluding hydrogens is 437 g/mol. The Labute approximate surface area is 186 Å². The van der Waals surface area contributed by atoms with Crippen LogP contribution < -0.4 is 16.1 Å². The van der Waals surface area contributed by atoms with Crippen LogP contribution >= 0.6 is 0 Å². The topological polar surface area (TPSA) is 93.1 Å². The van der Waals surface area contributed by atoms with Crippen molar-refractivity contribution in [3.63, 3.8) is 0 Å². The Bertz CT molecular complexity index is 1320. The van der Waals surface area contributed by atoms with Crippen LogP contribution in [0, 0.1) is 19.3 Å². The first-order valence-corrected chi connectivity index (χ1v) is 9.52. The van der Waals surface area contributed by atoms with Gasteiger partial charge >= 0.3 is 6.18 Å². The van der Waals surface area contributed by atoms with Crippen LogP contribution in [0.5, 0.6) is 0 Å². The molecule has 2 N–H and O–H groups in total. The smallest absolute Gasteiger partial charge is 0.341 e. The molecule has 0 aliphatic rings. The van der Waals surface area contributed by atoms with E-state index < -0.39 is 41.2 Å². The minimum Gasteiger partial charge on any atom is -0.341 e. The molecule has 7 nitrogen and oxygen atoms in total. The van der Waals surface area contributed by atoms with Crippen molar-refractivity contribution in [1.82, 2.24) is 15.1 Å². The molecule has 168 valence electrons. The van der Waals surface area contributed by atoms with Crippen LogP contribution in [0.3, 0.4) is 0 Å². The normalized spacial score (nSPS) is 10.9. The fraction of sp³-hybridized carbons (Fsp3) is 0.130. The second kappa shape index (κ2) is 9.40. The van der Waals surface area contributed by atoms with Gasteiger partial charge in [-0.15, -0.1) is 6.42 Å². The Hall–Kier alpha value is -4.39. The number of amides is 2. The third-order valence-corrected chi connectivity index (χ3v) is 4.46. The van der Waals surface area contributed by atoms with Crippen LogP contribution in [0.4, 0.5) is 18.9 Å². The molecule has 0 atom stereocenters. The highest BCUT2D eigenvalue weighted by Gasteiger charge is 2.30. The van der Waals surface area contributed by atoms with Gasteiger partial charge in [0, 0.05) is 23.0 Å². The summed E-state index contributed by atoms with van der Waals surface area (Å²) >= 11 is 0. The molecular formula is C23H17F3N4O3. The number of alkyl halides is 3. The maximum absolute atomic E-state index is 13.0. The van der Waals surface area contributed by atoms with Crippen molar-refractivity contribution in [2.75, 3.05) is 11.9 Å². The van der Waals surface area contributed by atoms with E-state index in [2.05, 4.69) is 21.7 Å². The Morgan fingerprint density at radius 1 is 1.12 bits per heavy atom. The molecule has 0 unspecified atom stereocenters. The molecule has 3 rings (SSSR count). The number of terminal acetylenes is 1. The van der Waals surface area contributed by atoms with Crippen LogP contribution in [0.2, 0.25) is 0 Å². The highest BCUT2D eigenvalue weighted by atomic mass is 19.4. The Morgan fingerprint density at radius 3 is 2.55 bits per heavy atom. The number of hydrogen-bond acceptors (Lipinski definition) is 4. The van der Waals surface area contributed by atoms with Crippen LogP contribution in [-0.2, 0) is 11.0 Å². The fourth-order valence-electron chi connectivity index (χ4n) is 2.92. The Kier molecular flexibility index (Phi) is 6.63. The largest absolute Gasteiger partial charge is 0.416 e. The number of rotatable bonds is 5. The minimum absolute atomic E-state index is 0.0162. The lowest BCUT2D eigenvalue weighted by Crippen LogP contribution is -2.37. The number of hydrogen-bond donors (Lipinski definition) is 2. The molecule has 2 aromatic carbocycles. The summed E-state index contributed by atoms with van der Waals surface area (Å²) in [5.74, 6) is 0.893. The molecule has 0 bridgehead atoms. The van der Waals surface area contributed by atoms with E-state index in [1.54, 1.807) is 24.3 Å². The van der Waals surface area contributed by atoms with E-state index in [4.69, 9.17) is 6.42 Å². The zero-order valence-corrected chi connectivity index (χ0v) is 17.2. The summed E-state index contributed by atoms with van der Waals surface area (Å²) in [7, 11) is 0.